The summed E-state index contributed by atoms with van der Waals surface area (Å²) in [5.74, 6) is -1.30. The molecule has 3 atom stereocenters. The molecule has 1 fully saturated rings. The fourth-order valence-corrected chi connectivity index (χ4v) is 2.24. The SMILES string of the molecule is CC(CC(=O)O)CC(=O)NC1CCCC1C#N. The summed E-state index contributed by atoms with van der Waals surface area (Å²) < 4.78 is 0. The molecule has 5 nitrogen and oxygen atoms in total. The first-order chi connectivity index (χ1) is 8.02. The van der Waals surface area contributed by atoms with Gasteiger partial charge in [-0.2, -0.15) is 5.26 Å². The average Bonchev–Trinajstić information content (AvgIpc) is 2.63. The molecule has 1 amide bonds. The number of nitriles is 1. The molecule has 0 spiro atoms. The number of aliphatic carboxylic acids is 1. The van der Waals surface area contributed by atoms with Gasteiger partial charge >= 0.3 is 5.97 Å². The Morgan fingerprint density at radius 3 is 2.76 bits per heavy atom. The molecule has 0 aromatic rings. The smallest absolute Gasteiger partial charge is 0.303 e. The van der Waals surface area contributed by atoms with Crippen LogP contribution in [0.1, 0.15) is 39.0 Å². The molecule has 17 heavy (non-hydrogen) atoms. The third-order valence-corrected chi connectivity index (χ3v) is 3.09. The van der Waals surface area contributed by atoms with E-state index in [0.717, 1.165) is 19.3 Å². The highest BCUT2D eigenvalue weighted by Crippen LogP contribution is 2.25. The Hall–Kier alpha value is -1.57. The van der Waals surface area contributed by atoms with E-state index in [2.05, 4.69) is 11.4 Å². The number of hydrogen-bond acceptors (Lipinski definition) is 3. The molecule has 1 aliphatic rings. The quantitative estimate of drug-likeness (QED) is 0.755. The molecule has 0 aromatic heterocycles. The van der Waals surface area contributed by atoms with E-state index in [-0.39, 0.29) is 36.6 Å². The lowest BCUT2D eigenvalue weighted by molar-refractivity contribution is -0.138. The van der Waals surface area contributed by atoms with Crippen molar-refractivity contribution >= 4 is 11.9 Å². The number of nitrogens with zero attached hydrogens (tertiary/aromatic N) is 1. The zero-order valence-electron chi connectivity index (χ0n) is 9.98. The summed E-state index contributed by atoms with van der Waals surface area (Å²) >= 11 is 0. The molecule has 5 heteroatoms. The zero-order valence-corrected chi connectivity index (χ0v) is 9.98. The first-order valence-electron chi connectivity index (χ1n) is 5.93. The van der Waals surface area contributed by atoms with E-state index >= 15 is 0 Å². The highest BCUT2D eigenvalue weighted by Gasteiger charge is 2.28. The maximum absolute atomic E-state index is 11.6. The highest BCUT2D eigenvalue weighted by atomic mass is 16.4. The Balaban J connectivity index is 2.34. The molecule has 1 saturated carbocycles. The Labute approximate surface area is 101 Å². The second-order valence-corrected chi connectivity index (χ2v) is 4.75. The van der Waals surface area contributed by atoms with E-state index in [9.17, 15) is 9.59 Å². The van der Waals surface area contributed by atoms with Crippen molar-refractivity contribution in [3.63, 3.8) is 0 Å². The van der Waals surface area contributed by atoms with Crippen LogP contribution in [-0.4, -0.2) is 23.0 Å². The summed E-state index contributed by atoms with van der Waals surface area (Å²) in [6, 6.07) is 2.14. The van der Waals surface area contributed by atoms with Gasteiger partial charge in [0.25, 0.3) is 0 Å². The Morgan fingerprint density at radius 1 is 1.47 bits per heavy atom. The van der Waals surface area contributed by atoms with Gasteiger partial charge in [-0.05, 0) is 25.2 Å². The van der Waals surface area contributed by atoms with Crippen LogP contribution in [0.25, 0.3) is 0 Å². The van der Waals surface area contributed by atoms with Crippen LogP contribution in [0.4, 0.5) is 0 Å². The van der Waals surface area contributed by atoms with Crippen LogP contribution < -0.4 is 5.32 Å². The van der Waals surface area contributed by atoms with E-state index in [1.807, 2.05) is 0 Å². The fraction of sp³-hybridized carbons (Fsp3) is 0.750. The van der Waals surface area contributed by atoms with Gasteiger partial charge in [-0.15, -0.1) is 0 Å². The summed E-state index contributed by atoms with van der Waals surface area (Å²) in [7, 11) is 0. The van der Waals surface area contributed by atoms with Crippen molar-refractivity contribution in [1.82, 2.24) is 5.32 Å². The van der Waals surface area contributed by atoms with Crippen LogP contribution in [0.3, 0.4) is 0 Å². The molecule has 1 rings (SSSR count). The number of nitrogens with one attached hydrogen (secondary N) is 1. The summed E-state index contributed by atoms with van der Waals surface area (Å²) in [4.78, 5) is 22.1. The first-order valence-corrected chi connectivity index (χ1v) is 5.93. The number of carbonyl (C=O) groups excluding carboxylic acids is 1. The van der Waals surface area contributed by atoms with Crippen molar-refractivity contribution in [2.45, 2.75) is 45.1 Å². The van der Waals surface area contributed by atoms with Gasteiger partial charge in [-0.3, -0.25) is 9.59 Å². The second kappa shape index (κ2) is 6.24. The lowest BCUT2D eigenvalue weighted by Crippen LogP contribution is -2.37. The van der Waals surface area contributed by atoms with Gasteiger partial charge in [0, 0.05) is 18.9 Å². The predicted octanol–water partition coefficient (Wildman–Crippen LogP) is 1.30. The molecule has 94 valence electrons. The lowest BCUT2D eigenvalue weighted by Gasteiger charge is -2.17. The van der Waals surface area contributed by atoms with Crippen molar-refractivity contribution in [2.75, 3.05) is 0 Å². The fourth-order valence-electron chi connectivity index (χ4n) is 2.24. The average molecular weight is 238 g/mol. The topological polar surface area (TPSA) is 90.2 Å². The summed E-state index contributed by atoms with van der Waals surface area (Å²) in [6.07, 6.45) is 2.86. The molecule has 0 aromatic carbocycles. The number of hydrogen-bond donors (Lipinski definition) is 2. The predicted molar refractivity (Wildman–Crippen MR) is 60.9 cm³/mol. The van der Waals surface area contributed by atoms with E-state index in [1.165, 1.54) is 0 Å². The maximum atomic E-state index is 11.6. The zero-order chi connectivity index (χ0) is 12.8. The third kappa shape index (κ3) is 4.43. The molecule has 0 aliphatic heterocycles. The Morgan fingerprint density at radius 2 is 2.18 bits per heavy atom. The number of rotatable bonds is 5. The summed E-state index contributed by atoms with van der Waals surface area (Å²) in [6.45, 7) is 1.74. The van der Waals surface area contributed by atoms with Gasteiger partial charge in [-0.1, -0.05) is 6.92 Å². The standard InChI is InChI=1S/C12H18N2O3/c1-8(6-12(16)17)5-11(15)14-10-4-2-3-9(10)7-13/h8-10H,2-6H2,1H3,(H,14,15)(H,16,17). The molecule has 0 heterocycles. The van der Waals surface area contributed by atoms with Crippen LogP contribution in [0.2, 0.25) is 0 Å². The van der Waals surface area contributed by atoms with Crippen LogP contribution in [0, 0.1) is 23.2 Å². The van der Waals surface area contributed by atoms with E-state index in [0.29, 0.717) is 0 Å². The summed E-state index contributed by atoms with van der Waals surface area (Å²) in [5.41, 5.74) is 0. The van der Waals surface area contributed by atoms with Crippen LogP contribution in [-0.2, 0) is 9.59 Å². The monoisotopic (exact) mass is 238 g/mol. The molecule has 0 radical (unpaired) electrons. The number of carboxylic acids is 1. The minimum atomic E-state index is -0.888. The van der Waals surface area contributed by atoms with Crippen LogP contribution >= 0.6 is 0 Å². The van der Waals surface area contributed by atoms with Crippen LogP contribution in [0.15, 0.2) is 0 Å². The van der Waals surface area contributed by atoms with E-state index < -0.39 is 5.97 Å². The van der Waals surface area contributed by atoms with E-state index in [1.54, 1.807) is 6.92 Å². The van der Waals surface area contributed by atoms with Crippen LogP contribution in [0.5, 0.6) is 0 Å². The van der Waals surface area contributed by atoms with Gasteiger partial charge in [0.2, 0.25) is 5.91 Å². The van der Waals surface area contributed by atoms with Crippen molar-refractivity contribution in [2.24, 2.45) is 11.8 Å². The van der Waals surface area contributed by atoms with Gasteiger partial charge in [0.05, 0.1) is 12.0 Å². The molecule has 3 unspecified atom stereocenters. The largest absolute Gasteiger partial charge is 0.481 e. The normalized spacial score (nSPS) is 24.9. The number of carboxylic acid groups (broad SMARTS) is 1. The third-order valence-electron chi connectivity index (χ3n) is 3.09. The second-order valence-electron chi connectivity index (χ2n) is 4.75. The highest BCUT2D eigenvalue weighted by molar-refractivity contribution is 5.77. The van der Waals surface area contributed by atoms with Crippen molar-refractivity contribution in [1.29, 1.82) is 5.26 Å². The van der Waals surface area contributed by atoms with Gasteiger partial charge < -0.3 is 10.4 Å². The van der Waals surface area contributed by atoms with Gasteiger partial charge in [-0.25, -0.2) is 0 Å². The maximum Gasteiger partial charge on any atom is 0.303 e. The minimum Gasteiger partial charge on any atom is -0.481 e. The van der Waals surface area contributed by atoms with Crippen molar-refractivity contribution in [3.8, 4) is 6.07 Å². The Kier molecular flexibility index (Phi) is 4.95. The Bertz CT molecular complexity index is 335. The molecule has 0 bridgehead atoms. The van der Waals surface area contributed by atoms with Gasteiger partial charge in [0.15, 0.2) is 0 Å². The molecule has 2 N–H and O–H groups in total. The van der Waals surface area contributed by atoms with Crippen molar-refractivity contribution in [3.05, 3.63) is 0 Å². The molecular formula is C12H18N2O3. The van der Waals surface area contributed by atoms with Crippen molar-refractivity contribution < 1.29 is 14.7 Å². The number of carbonyl (C=O) groups is 2. The van der Waals surface area contributed by atoms with Gasteiger partial charge in [0.1, 0.15) is 0 Å². The molecule has 0 saturated heterocycles. The first kappa shape index (κ1) is 13.5. The molecule has 1 aliphatic carbocycles. The molecular weight excluding hydrogens is 220 g/mol. The lowest BCUT2D eigenvalue weighted by atomic mass is 10.0. The minimum absolute atomic E-state index is 0.000233. The summed E-state index contributed by atoms with van der Waals surface area (Å²) in [5, 5.41) is 20.3. The van der Waals surface area contributed by atoms with E-state index in [4.69, 9.17) is 10.4 Å². The number of amides is 1.